The Hall–Kier alpha value is -4.47. The second-order valence-electron chi connectivity index (χ2n) is 18.1. The Kier molecular flexibility index (Phi) is 13.9. The van der Waals surface area contributed by atoms with Crippen molar-refractivity contribution in [3.63, 3.8) is 0 Å². The van der Waals surface area contributed by atoms with Gasteiger partial charge in [-0.2, -0.15) is 0 Å². The average Bonchev–Trinajstić information content (AvgIpc) is 3.63. The number of carbonyl (C=O) groups excluding carboxylic acids is 3. The molecule has 4 aromatic rings. The van der Waals surface area contributed by atoms with Crippen molar-refractivity contribution in [1.82, 2.24) is 25.5 Å². The quantitative estimate of drug-likeness (QED) is 0.0506. The monoisotopic (exact) mass is 958 g/mol. The van der Waals surface area contributed by atoms with E-state index in [1.54, 1.807) is 46.1 Å². The van der Waals surface area contributed by atoms with E-state index >= 15 is 4.39 Å². The number of carbonyl (C=O) groups is 3. The number of methoxy groups -OCH3 is 1. The van der Waals surface area contributed by atoms with Crippen LogP contribution in [0, 0.1) is 17.2 Å². The van der Waals surface area contributed by atoms with Crippen LogP contribution in [0.5, 0.6) is 11.5 Å². The number of fused-ring (bicyclic) bond motifs is 1. The fourth-order valence-electron chi connectivity index (χ4n) is 8.47. The second kappa shape index (κ2) is 18.8. The zero-order chi connectivity index (χ0) is 46.3. The maximum absolute atomic E-state index is 15.1. The van der Waals surface area contributed by atoms with Crippen LogP contribution in [0.3, 0.4) is 0 Å². The van der Waals surface area contributed by atoms with Gasteiger partial charge in [-0.3, -0.25) is 14.2 Å². The molecule has 3 aliphatic rings. The smallest absolute Gasteiger partial charge is 0.408 e. The van der Waals surface area contributed by atoms with Gasteiger partial charge in [-0.25, -0.2) is 19.2 Å². The Balaban J connectivity index is 1.23. The number of ether oxygens (including phenoxy) is 3. The first-order chi connectivity index (χ1) is 30.2. The summed E-state index contributed by atoms with van der Waals surface area (Å²) < 4.78 is 47.5. The minimum atomic E-state index is -4.54. The summed E-state index contributed by atoms with van der Waals surface area (Å²) in [4.78, 5) is 65.8. The van der Waals surface area contributed by atoms with Crippen molar-refractivity contribution >= 4 is 75.8 Å². The summed E-state index contributed by atoms with van der Waals surface area (Å²) in [5.74, 6) is -1.84. The van der Waals surface area contributed by atoms with Gasteiger partial charge >= 0.3 is 6.09 Å². The number of anilines is 1. The number of halogens is 3. The summed E-state index contributed by atoms with van der Waals surface area (Å²) in [6.07, 6.45) is 2.22. The Bertz CT molecular complexity index is 2500. The largest absolute Gasteiger partial charge is 0.497 e. The highest BCUT2D eigenvalue weighted by molar-refractivity contribution is 7.59. The van der Waals surface area contributed by atoms with Crippen LogP contribution < -0.4 is 25.4 Å². The van der Waals surface area contributed by atoms with E-state index in [2.05, 4.69) is 22.5 Å². The SMILES string of the molecule is C=C[C@@H]1C[C@]1(NC(=O)[C@@H]1C[C@@H](Oc2cc(-c3csc(NC(C)C)n3)nc3cc(OC)ccc23)CN1C(=O)[C@@H](NC(=O)OC1CCCC1)C(C)(C)C)P(=O)(O)Cc1c(F)ccc(Cl)c1Cl. The minimum absolute atomic E-state index is 0.000195. The van der Waals surface area contributed by atoms with Gasteiger partial charge in [-0.15, -0.1) is 17.9 Å². The van der Waals surface area contributed by atoms with Crippen LogP contribution in [-0.4, -0.2) is 86.9 Å². The number of aromatic nitrogens is 2. The maximum atomic E-state index is 15.1. The van der Waals surface area contributed by atoms with Gasteiger partial charge in [0.2, 0.25) is 19.2 Å². The molecule has 1 saturated heterocycles. The number of rotatable bonds is 15. The highest BCUT2D eigenvalue weighted by Crippen LogP contribution is 2.71. The molecule has 0 radical (unpaired) electrons. The molecule has 19 heteroatoms. The van der Waals surface area contributed by atoms with Crippen LogP contribution in [0.1, 0.15) is 78.7 Å². The summed E-state index contributed by atoms with van der Waals surface area (Å²) >= 11 is 13.9. The van der Waals surface area contributed by atoms with Crippen molar-refractivity contribution < 1.29 is 42.4 Å². The minimum Gasteiger partial charge on any atom is -0.497 e. The first kappa shape index (κ1) is 47.5. The number of pyridine rings is 1. The Labute approximate surface area is 386 Å². The molecule has 2 saturated carbocycles. The lowest BCUT2D eigenvalue weighted by Gasteiger charge is -2.36. The fourth-order valence-corrected chi connectivity index (χ4v) is 12.2. The average molecular weight is 960 g/mol. The summed E-state index contributed by atoms with van der Waals surface area (Å²) in [7, 11) is -2.98. The second-order valence-corrected chi connectivity index (χ2v) is 22.3. The summed E-state index contributed by atoms with van der Waals surface area (Å²) in [5.41, 5.74) is 0.556. The third-order valence-electron chi connectivity index (χ3n) is 12.0. The van der Waals surface area contributed by atoms with E-state index in [0.29, 0.717) is 38.9 Å². The lowest BCUT2D eigenvalue weighted by atomic mass is 9.85. The predicted molar refractivity (Wildman–Crippen MR) is 247 cm³/mol. The van der Waals surface area contributed by atoms with Gasteiger partial charge in [-0.1, -0.05) is 50.0 Å². The molecule has 3 fully saturated rings. The van der Waals surface area contributed by atoms with E-state index < -0.39 is 72.1 Å². The predicted octanol–water partition coefficient (Wildman–Crippen LogP) is 9.55. The number of nitrogens with zero attached hydrogens (tertiary/aromatic N) is 3. The van der Waals surface area contributed by atoms with Crippen molar-refractivity contribution in [2.75, 3.05) is 19.0 Å². The first-order valence-corrected chi connectivity index (χ1v) is 24.8. The Morgan fingerprint density at radius 2 is 1.84 bits per heavy atom. The van der Waals surface area contributed by atoms with E-state index in [1.165, 1.54) is 28.4 Å². The Morgan fingerprint density at radius 3 is 2.50 bits per heavy atom. The van der Waals surface area contributed by atoms with Crippen LogP contribution in [-0.2, 0) is 25.1 Å². The molecule has 1 aliphatic heterocycles. The van der Waals surface area contributed by atoms with E-state index in [9.17, 15) is 23.8 Å². The third kappa shape index (κ3) is 10.0. The fraction of sp³-hybridized carbons (Fsp3) is 0.489. The Morgan fingerprint density at radius 1 is 1.11 bits per heavy atom. The molecule has 2 aliphatic carbocycles. The highest BCUT2D eigenvalue weighted by Gasteiger charge is 2.66. The van der Waals surface area contributed by atoms with E-state index in [1.807, 2.05) is 25.3 Å². The normalized spacial score (nSPS) is 22.5. The van der Waals surface area contributed by atoms with Crippen molar-refractivity contribution in [2.24, 2.45) is 11.3 Å². The van der Waals surface area contributed by atoms with Crippen LogP contribution in [0.4, 0.5) is 14.3 Å². The number of amides is 3. The van der Waals surface area contributed by atoms with E-state index in [-0.39, 0.29) is 47.1 Å². The summed E-state index contributed by atoms with van der Waals surface area (Å²) in [6.45, 7) is 13.1. The highest BCUT2D eigenvalue weighted by atomic mass is 35.5. The summed E-state index contributed by atoms with van der Waals surface area (Å²) in [6, 6.07) is 7.18. The molecule has 7 rings (SSSR count). The van der Waals surface area contributed by atoms with Crippen molar-refractivity contribution in [3.8, 4) is 22.9 Å². The molecule has 1 unspecified atom stereocenters. The van der Waals surface area contributed by atoms with Gasteiger partial charge in [0.05, 0.1) is 41.1 Å². The molecule has 344 valence electrons. The molecular formula is C45H54Cl2FN6O8PS. The molecule has 0 bridgehead atoms. The van der Waals surface area contributed by atoms with Crippen LogP contribution in [0.25, 0.3) is 22.3 Å². The molecule has 6 atom stereocenters. The lowest BCUT2D eigenvalue weighted by molar-refractivity contribution is -0.142. The standard InChI is InChI=1S/C45H54Cl2FN6O8PS/c1-8-25-20-45(25,63(58,59)22-30-32(48)16-15-31(46)38(30)47)53-40(55)36-18-28(21-54(36)41(56)39(44(4,5)6)52-43(57)62-26-11-9-10-12-26)61-37-19-34(35-23-64-42(51-35)49-24(2)3)50-33-17-27(60-7)13-14-29(33)37/h8,13-17,19,23-26,28,36,39H,1,9-12,18,20-22H2,2-7H3,(H,49,51)(H,52,57)(H,53,55)(H,58,59)/t25-,28-,36+,39-,45+/m1/s1. The van der Waals surface area contributed by atoms with Gasteiger partial charge < -0.3 is 40.0 Å². The zero-order valence-corrected chi connectivity index (χ0v) is 39.8. The van der Waals surface area contributed by atoms with Gasteiger partial charge in [0, 0.05) is 46.8 Å². The molecule has 2 aromatic carbocycles. The number of alkyl carbamates (subject to hydrolysis) is 1. The number of likely N-dealkylation sites (tertiary alicyclic amines) is 1. The molecule has 3 heterocycles. The summed E-state index contributed by atoms with van der Waals surface area (Å²) in [5, 5.41) is 10.2. The van der Waals surface area contributed by atoms with Gasteiger partial charge in [-0.05, 0) is 75.6 Å². The lowest BCUT2D eigenvalue weighted by Crippen LogP contribution is -2.58. The van der Waals surface area contributed by atoms with Crippen molar-refractivity contribution in [2.45, 2.75) is 115 Å². The third-order valence-corrected chi connectivity index (χ3v) is 16.2. The van der Waals surface area contributed by atoms with Crippen molar-refractivity contribution in [1.29, 1.82) is 0 Å². The van der Waals surface area contributed by atoms with Crippen LogP contribution in [0.15, 0.2) is 54.4 Å². The number of nitrogens with one attached hydrogen (secondary N) is 3. The van der Waals surface area contributed by atoms with Gasteiger partial charge in [0.15, 0.2) is 5.13 Å². The number of benzene rings is 2. The van der Waals surface area contributed by atoms with Gasteiger partial charge in [0.1, 0.15) is 52.6 Å². The van der Waals surface area contributed by atoms with Crippen LogP contribution in [0.2, 0.25) is 10.0 Å². The number of thiazole rings is 1. The van der Waals surface area contributed by atoms with Crippen molar-refractivity contribution in [3.05, 3.63) is 75.9 Å². The molecule has 3 amide bonds. The zero-order valence-electron chi connectivity index (χ0n) is 36.6. The first-order valence-electron chi connectivity index (χ1n) is 21.3. The number of hydrogen-bond acceptors (Lipinski definition) is 11. The van der Waals surface area contributed by atoms with E-state index in [0.717, 1.165) is 31.7 Å². The van der Waals surface area contributed by atoms with Crippen LogP contribution >= 0.6 is 41.9 Å². The molecular weight excluding hydrogens is 905 g/mol. The molecule has 14 nitrogen and oxygen atoms in total. The number of hydrogen-bond donors (Lipinski definition) is 4. The maximum Gasteiger partial charge on any atom is 0.408 e. The molecule has 2 aromatic heterocycles. The molecule has 4 N–H and O–H groups in total. The van der Waals surface area contributed by atoms with E-state index in [4.69, 9.17) is 47.4 Å². The topological polar surface area (TPSA) is 181 Å². The molecule has 64 heavy (non-hydrogen) atoms. The molecule has 0 spiro atoms. The van der Waals surface area contributed by atoms with Gasteiger partial charge in [0.25, 0.3) is 0 Å².